The summed E-state index contributed by atoms with van der Waals surface area (Å²) in [6.07, 6.45) is 1.67. The van der Waals surface area contributed by atoms with Crippen LogP contribution in [0.2, 0.25) is 0 Å². The van der Waals surface area contributed by atoms with Gasteiger partial charge in [0, 0.05) is 22.4 Å². The molecule has 180 valence electrons. The summed E-state index contributed by atoms with van der Waals surface area (Å²) in [6.45, 7) is 8.63. The Kier molecular flexibility index (Phi) is 6.35. The van der Waals surface area contributed by atoms with Gasteiger partial charge < -0.3 is 19.8 Å². The van der Waals surface area contributed by atoms with E-state index in [2.05, 4.69) is 10.6 Å². The van der Waals surface area contributed by atoms with Gasteiger partial charge in [-0.05, 0) is 51.8 Å². The van der Waals surface area contributed by atoms with E-state index in [4.69, 9.17) is 9.15 Å². The molecule has 2 amide bonds. The van der Waals surface area contributed by atoms with E-state index in [1.54, 1.807) is 46.1 Å². The Morgan fingerprint density at radius 1 is 0.943 bits per heavy atom. The number of amides is 2. The van der Waals surface area contributed by atoms with Gasteiger partial charge in [-0.3, -0.25) is 4.79 Å². The van der Waals surface area contributed by atoms with Crippen molar-refractivity contribution in [3.63, 3.8) is 0 Å². The fraction of sp³-hybridized carbons (Fsp3) is 0.250. The molecule has 7 nitrogen and oxygen atoms in total. The van der Waals surface area contributed by atoms with Crippen LogP contribution in [0.15, 0.2) is 76.5 Å². The third-order valence-corrected chi connectivity index (χ3v) is 5.64. The summed E-state index contributed by atoms with van der Waals surface area (Å²) >= 11 is 0. The minimum Gasteiger partial charge on any atom is -0.464 e. The van der Waals surface area contributed by atoms with Crippen molar-refractivity contribution >= 4 is 17.8 Å². The van der Waals surface area contributed by atoms with Crippen LogP contribution >= 0.6 is 0 Å². The zero-order valence-corrected chi connectivity index (χ0v) is 20.4. The average Bonchev–Trinajstić information content (AvgIpc) is 3.28. The van der Waals surface area contributed by atoms with E-state index in [0.29, 0.717) is 22.6 Å². The van der Waals surface area contributed by atoms with Crippen molar-refractivity contribution in [2.75, 3.05) is 0 Å². The van der Waals surface area contributed by atoms with Gasteiger partial charge >= 0.3 is 12.0 Å². The maximum Gasteiger partial charge on any atom is 0.338 e. The molecule has 0 radical (unpaired) electrons. The van der Waals surface area contributed by atoms with Crippen molar-refractivity contribution in [1.82, 2.24) is 10.6 Å². The van der Waals surface area contributed by atoms with Gasteiger partial charge in [0.15, 0.2) is 5.78 Å². The number of ketones is 1. The van der Waals surface area contributed by atoms with Gasteiger partial charge in [0.25, 0.3) is 0 Å². The number of hydrogen-bond donors (Lipinski definition) is 2. The Morgan fingerprint density at radius 2 is 1.57 bits per heavy atom. The maximum absolute atomic E-state index is 12.9. The average molecular weight is 473 g/mol. The molecule has 1 atom stereocenters. The fourth-order valence-electron chi connectivity index (χ4n) is 3.92. The molecule has 0 saturated heterocycles. The number of furan rings is 1. The van der Waals surface area contributed by atoms with Crippen LogP contribution in [0.1, 0.15) is 56.6 Å². The van der Waals surface area contributed by atoms with Gasteiger partial charge in [-0.15, -0.1) is 0 Å². The number of rotatable bonds is 5. The second-order valence-corrected chi connectivity index (χ2v) is 9.53. The van der Waals surface area contributed by atoms with Crippen LogP contribution < -0.4 is 10.6 Å². The Bertz CT molecular complexity index is 1310. The second kappa shape index (κ2) is 9.25. The molecule has 0 aliphatic carbocycles. The number of carbonyl (C=O) groups is 3. The minimum atomic E-state index is -0.663. The van der Waals surface area contributed by atoms with E-state index in [-0.39, 0.29) is 11.8 Å². The molecule has 0 spiro atoms. The van der Waals surface area contributed by atoms with Crippen LogP contribution in [0.4, 0.5) is 4.79 Å². The van der Waals surface area contributed by atoms with Crippen LogP contribution in [0, 0.1) is 0 Å². The highest BCUT2D eigenvalue weighted by Crippen LogP contribution is 2.32. The normalized spacial score (nSPS) is 15.9. The number of nitrogens with one attached hydrogen (secondary N) is 2. The standard InChI is InChI=1S/C28H28N2O5/c1-16-24(26(32)35-28(3,4)5)25(30-27(33)29-16)21-12-10-20(11-13-21)23-14-22(15-34-23)19-8-6-18(7-9-19)17(2)31/h6-15,25H,1-5H3,(H2,29,30,33)/t25-/m0/s1. The van der Waals surface area contributed by atoms with Crippen LogP contribution in [0.25, 0.3) is 22.5 Å². The molecule has 2 aromatic carbocycles. The number of urea groups is 1. The zero-order chi connectivity index (χ0) is 25.3. The van der Waals surface area contributed by atoms with E-state index in [9.17, 15) is 14.4 Å². The van der Waals surface area contributed by atoms with Gasteiger partial charge in [0.05, 0.1) is 17.9 Å². The van der Waals surface area contributed by atoms with E-state index in [0.717, 1.165) is 22.3 Å². The van der Waals surface area contributed by atoms with Crippen molar-refractivity contribution in [3.05, 3.63) is 83.3 Å². The Balaban J connectivity index is 1.58. The van der Waals surface area contributed by atoms with Crippen molar-refractivity contribution in [2.24, 2.45) is 0 Å². The van der Waals surface area contributed by atoms with Crippen LogP contribution in [0.3, 0.4) is 0 Å². The Hall–Kier alpha value is -4.13. The number of Topliss-reactive ketones (excluding diaryl/α,β-unsaturated/α-hetero) is 1. The molecule has 0 bridgehead atoms. The number of hydrogen-bond acceptors (Lipinski definition) is 5. The topological polar surface area (TPSA) is 97.6 Å². The van der Waals surface area contributed by atoms with Crippen LogP contribution in [0.5, 0.6) is 0 Å². The van der Waals surface area contributed by atoms with E-state index < -0.39 is 17.6 Å². The van der Waals surface area contributed by atoms with Crippen molar-refractivity contribution < 1.29 is 23.5 Å². The summed E-state index contributed by atoms with van der Waals surface area (Å²) in [7, 11) is 0. The fourth-order valence-corrected chi connectivity index (χ4v) is 3.92. The quantitative estimate of drug-likeness (QED) is 0.362. The summed E-state index contributed by atoms with van der Waals surface area (Å²) < 4.78 is 11.4. The van der Waals surface area contributed by atoms with Crippen molar-refractivity contribution in [1.29, 1.82) is 0 Å². The molecule has 1 aromatic heterocycles. The first-order valence-corrected chi connectivity index (χ1v) is 11.3. The van der Waals surface area contributed by atoms with E-state index in [1.165, 1.54) is 6.92 Å². The van der Waals surface area contributed by atoms with Crippen molar-refractivity contribution in [2.45, 2.75) is 46.3 Å². The number of esters is 1. The number of carbonyl (C=O) groups excluding carboxylic acids is 3. The summed E-state index contributed by atoms with van der Waals surface area (Å²) in [6, 6.07) is 15.8. The molecule has 4 rings (SSSR count). The summed E-state index contributed by atoms with van der Waals surface area (Å²) in [5.41, 5.74) is 4.26. The predicted molar refractivity (Wildman–Crippen MR) is 133 cm³/mol. The first-order chi connectivity index (χ1) is 16.5. The highest BCUT2D eigenvalue weighted by molar-refractivity contribution is 5.95. The van der Waals surface area contributed by atoms with Crippen LogP contribution in [-0.2, 0) is 9.53 Å². The van der Waals surface area contributed by atoms with Gasteiger partial charge in [-0.1, -0.05) is 48.5 Å². The molecule has 7 heteroatoms. The molecule has 2 heterocycles. The molecular weight excluding hydrogens is 444 g/mol. The molecule has 2 N–H and O–H groups in total. The summed E-state index contributed by atoms with van der Waals surface area (Å²) in [5, 5.41) is 5.48. The first-order valence-electron chi connectivity index (χ1n) is 11.3. The SMILES string of the molecule is CC(=O)c1ccc(-c2coc(-c3ccc([C@@H]4NC(=O)NC(C)=C4C(=O)OC(C)(C)C)cc3)c2)cc1. The van der Waals surface area contributed by atoms with Gasteiger partial charge in [-0.2, -0.15) is 0 Å². The Labute approximate surface area is 204 Å². The lowest BCUT2D eigenvalue weighted by molar-refractivity contribution is -0.150. The largest absolute Gasteiger partial charge is 0.464 e. The number of ether oxygens (including phenoxy) is 1. The van der Waals surface area contributed by atoms with Crippen LogP contribution in [-0.4, -0.2) is 23.4 Å². The lowest BCUT2D eigenvalue weighted by Gasteiger charge is -2.30. The van der Waals surface area contributed by atoms with Gasteiger partial charge in [-0.25, -0.2) is 9.59 Å². The lowest BCUT2D eigenvalue weighted by atomic mass is 9.94. The van der Waals surface area contributed by atoms with Crippen molar-refractivity contribution in [3.8, 4) is 22.5 Å². The summed E-state index contributed by atoms with van der Waals surface area (Å²) in [5.74, 6) is 0.216. The van der Waals surface area contributed by atoms with Gasteiger partial charge in [0.1, 0.15) is 11.4 Å². The first kappa shape index (κ1) is 24.0. The summed E-state index contributed by atoms with van der Waals surface area (Å²) in [4.78, 5) is 36.6. The third-order valence-electron chi connectivity index (χ3n) is 5.64. The second-order valence-electron chi connectivity index (χ2n) is 9.53. The molecule has 1 aliphatic rings. The third kappa shape index (κ3) is 5.35. The smallest absolute Gasteiger partial charge is 0.338 e. The predicted octanol–water partition coefficient (Wildman–Crippen LogP) is 5.79. The number of benzene rings is 2. The Morgan fingerprint density at radius 3 is 2.17 bits per heavy atom. The lowest BCUT2D eigenvalue weighted by Crippen LogP contribution is -2.46. The maximum atomic E-state index is 12.9. The highest BCUT2D eigenvalue weighted by atomic mass is 16.6. The molecule has 1 aliphatic heterocycles. The molecule has 0 fully saturated rings. The molecule has 35 heavy (non-hydrogen) atoms. The van der Waals surface area contributed by atoms with E-state index >= 15 is 0 Å². The molecule has 3 aromatic rings. The van der Waals surface area contributed by atoms with E-state index in [1.807, 2.05) is 42.5 Å². The highest BCUT2D eigenvalue weighted by Gasteiger charge is 2.34. The minimum absolute atomic E-state index is 0.0225. The number of allylic oxidation sites excluding steroid dienone is 1. The van der Waals surface area contributed by atoms with Gasteiger partial charge in [0.2, 0.25) is 0 Å². The molecule has 0 unspecified atom stereocenters. The monoisotopic (exact) mass is 472 g/mol. The zero-order valence-electron chi connectivity index (χ0n) is 20.4. The molecular formula is C28H28N2O5. The molecule has 0 saturated carbocycles.